The highest BCUT2D eigenvalue weighted by molar-refractivity contribution is 6.32. The van der Waals surface area contributed by atoms with Crippen molar-refractivity contribution in [3.63, 3.8) is 0 Å². The molecule has 1 amide bonds. The number of halogens is 1. The van der Waals surface area contributed by atoms with Gasteiger partial charge in [0.15, 0.2) is 0 Å². The van der Waals surface area contributed by atoms with E-state index < -0.39 is 0 Å². The Kier molecular flexibility index (Phi) is 4.30. The first-order valence-corrected chi connectivity index (χ1v) is 5.77. The molecule has 16 heavy (non-hydrogen) atoms. The minimum absolute atomic E-state index is 0.170. The number of hydrogen-bond acceptors (Lipinski definition) is 2. The molecule has 1 heterocycles. The van der Waals surface area contributed by atoms with E-state index in [1.54, 1.807) is 18.3 Å². The fraction of sp³-hybridized carbons (Fsp3) is 0.500. The van der Waals surface area contributed by atoms with Crippen LogP contribution in [0.4, 0.5) is 0 Å². The van der Waals surface area contributed by atoms with Gasteiger partial charge in [-0.25, -0.2) is 4.98 Å². The number of aromatic nitrogens is 1. The first kappa shape index (κ1) is 13.0. The quantitative estimate of drug-likeness (QED) is 0.822. The van der Waals surface area contributed by atoms with Crippen LogP contribution in [0.5, 0.6) is 0 Å². The third-order valence-corrected chi connectivity index (χ3v) is 2.63. The summed E-state index contributed by atoms with van der Waals surface area (Å²) >= 11 is 5.85. The van der Waals surface area contributed by atoms with E-state index in [1.165, 1.54) is 0 Å². The normalized spacial score (nSPS) is 11.2. The molecule has 1 rings (SSSR count). The fourth-order valence-corrected chi connectivity index (χ4v) is 1.82. The molecule has 4 heteroatoms. The van der Waals surface area contributed by atoms with Crippen molar-refractivity contribution in [2.45, 2.75) is 39.2 Å². The molecule has 0 bridgehead atoms. The van der Waals surface area contributed by atoms with Crippen molar-refractivity contribution in [1.82, 2.24) is 10.3 Å². The van der Waals surface area contributed by atoms with Crippen molar-refractivity contribution in [3.05, 3.63) is 29.0 Å². The molecule has 3 nitrogen and oxygen atoms in total. The maximum atomic E-state index is 11.9. The van der Waals surface area contributed by atoms with Gasteiger partial charge in [-0.05, 0) is 32.4 Å². The van der Waals surface area contributed by atoms with Crippen LogP contribution in [0.15, 0.2) is 18.3 Å². The number of rotatable bonds is 4. The molecule has 0 fully saturated rings. The van der Waals surface area contributed by atoms with Gasteiger partial charge in [-0.15, -0.1) is 0 Å². The average Bonchev–Trinajstić information content (AvgIpc) is 2.17. The van der Waals surface area contributed by atoms with Crippen LogP contribution >= 0.6 is 11.6 Å². The van der Waals surface area contributed by atoms with Gasteiger partial charge in [0.1, 0.15) is 5.15 Å². The summed E-state index contributed by atoms with van der Waals surface area (Å²) in [7, 11) is 0. The Hall–Kier alpha value is -1.09. The number of nitrogens with zero attached hydrogens (tertiary/aromatic N) is 1. The molecule has 0 unspecified atom stereocenters. The number of carbonyl (C=O) groups excluding carboxylic acids is 1. The summed E-state index contributed by atoms with van der Waals surface area (Å²) in [6.07, 6.45) is 3.51. The Balaban J connectivity index is 2.77. The average molecular weight is 241 g/mol. The van der Waals surface area contributed by atoms with Gasteiger partial charge in [-0.2, -0.15) is 0 Å². The fourth-order valence-electron chi connectivity index (χ4n) is 1.62. The van der Waals surface area contributed by atoms with Gasteiger partial charge < -0.3 is 5.32 Å². The Bertz CT molecular complexity index is 377. The molecule has 0 aliphatic rings. The molecule has 0 saturated heterocycles. The number of amides is 1. The third kappa shape index (κ3) is 3.49. The van der Waals surface area contributed by atoms with Crippen LogP contribution in [-0.4, -0.2) is 16.4 Å². The standard InChI is InChI=1S/C12H17ClN2O/c1-4-7-12(2,3)15-11(16)9-6-5-8-14-10(9)13/h5-6,8H,4,7H2,1-3H3,(H,15,16). The SMILES string of the molecule is CCCC(C)(C)NC(=O)c1cccnc1Cl. The molecule has 1 N–H and O–H groups in total. The maximum Gasteiger partial charge on any atom is 0.254 e. The zero-order chi connectivity index (χ0) is 12.2. The highest BCUT2D eigenvalue weighted by atomic mass is 35.5. The van der Waals surface area contributed by atoms with E-state index in [9.17, 15) is 4.79 Å². The second-order valence-corrected chi connectivity index (χ2v) is 4.79. The van der Waals surface area contributed by atoms with E-state index >= 15 is 0 Å². The molecule has 88 valence electrons. The summed E-state index contributed by atoms with van der Waals surface area (Å²) in [4.78, 5) is 15.8. The molecule has 0 spiro atoms. The monoisotopic (exact) mass is 240 g/mol. The highest BCUT2D eigenvalue weighted by Gasteiger charge is 2.21. The number of nitrogens with one attached hydrogen (secondary N) is 1. The Morgan fingerprint density at radius 1 is 1.56 bits per heavy atom. The molecule has 0 aliphatic carbocycles. The molecule has 0 atom stereocenters. The van der Waals surface area contributed by atoms with Crippen LogP contribution in [-0.2, 0) is 0 Å². The topological polar surface area (TPSA) is 42.0 Å². The van der Waals surface area contributed by atoms with Crippen molar-refractivity contribution in [2.75, 3.05) is 0 Å². The zero-order valence-electron chi connectivity index (χ0n) is 9.88. The predicted octanol–water partition coefficient (Wildman–Crippen LogP) is 3.04. The lowest BCUT2D eigenvalue weighted by Crippen LogP contribution is -2.43. The van der Waals surface area contributed by atoms with Crippen molar-refractivity contribution in [2.24, 2.45) is 0 Å². The molecular weight excluding hydrogens is 224 g/mol. The van der Waals surface area contributed by atoms with Crippen molar-refractivity contribution in [1.29, 1.82) is 0 Å². The minimum atomic E-state index is -0.217. The highest BCUT2D eigenvalue weighted by Crippen LogP contribution is 2.15. The van der Waals surface area contributed by atoms with Crippen molar-refractivity contribution >= 4 is 17.5 Å². The molecule has 0 aliphatic heterocycles. The summed E-state index contributed by atoms with van der Waals surface area (Å²) < 4.78 is 0. The molecular formula is C12H17ClN2O. The van der Waals surface area contributed by atoms with Crippen molar-refractivity contribution < 1.29 is 4.79 Å². The van der Waals surface area contributed by atoms with E-state index in [0.29, 0.717) is 5.56 Å². The van der Waals surface area contributed by atoms with Gasteiger partial charge in [-0.3, -0.25) is 4.79 Å². The summed E-state index contributed by atoms with van der Waals surface area (Å²) in [6.45, 7) is 6.09. The Labute approximate surface area is 101 Å². The molecule has 1 aromatic rings. The molecule has 0 radical (unpaired) electrons. The first-order chi connectivity index (χ1) is 7.46. The van der Waals surface area contributed by atoms with Gasteiger partial charge in [0.25, 0.3) is 5.91 Å². The van der Waals surface area contributed by atoms with E-state index in [2.05, 4.69) is 17.2 Å². The second kappa shape index (κ2) is 5.30. The maximum absolute atomic E-state index is 11.9. The van der Waals surface area contributed by atoms with Crippen LogP contribution < -0.4 is 5.32 Å². The van der Waals surface area contributed by atoms with Gasteiger partial charge in [0.05, 0.1) is 5.56 Å². The van der Waals surface area contributed by atoms with Gasteiger partial charge in [0, 0.05) is 11.7 Å². The van der Waals surface area contributed by atoms with Crippen LogP contribution in [0.25, 0.3) is 0 Å². The third-order valence-electron chi connectivity index (χ3n) is 2.33. The van der Waals surface area contributed by atoms with Gasteiger partial charge in [-0.1, -0.05) is 24.9 Å². The largest absolute Gasteiger partial charge is 0.347 e. The number of pyridine rings is 1. The Morgan fingerprint density at radius 3 is 2.81 bits per heavy atom. The van der Waals surface area contributed by atoms with Crippen LogP contribution in [0, 0.1) is 0 Å². The smallest absolute Gasteiger partial charge is 0.254 e. The lowest BCUT2D eigenvalue weighted by Gasteiger charge is -2.25. The van der Waals surface area contributed by atoms with E-state index in [-0.39, 0.29) is 16.6 Å². The summed E-state index contributed by atoms with van der Waals surface area (Å²) in [6, 6.07) is 3.38. The lowest BCUT2D eigenvalue weighted by atomic mass is 9.98. The van der Waals surface area contributed by atoms with E-state index in [0.717, 1.165) is 12.8 Å². The summed E-state index contributed by atoms with van der Waals surface area (Å²) in [5.41, 5.74) is 0.207. The lowest BCUT2D eigenvalue weighted by molar-refractivity contribution is 0.0909. The molecule has 0 saturated carbocycles. The number of carbonyl (C=O) groups is 1. The minimum Gasteiger partial charge on any atom is -0.347 e. The summed E-state index contributed by atoms with van der Waals surface area (Å²) in [5, 5.41) is 3.19. The van der Waals surface area contributed by atoms with Crippen LogP contribution in [0.1, 0.15) is 44.0 Å². The summed E-state index contributed by atoms with van der Waals surface area (Å²) in [5.74, 6) is -0.170. The Morgan fingerprint density at radius 2 is 2.25 bits per heavy atom. The van der Waals surface area contributed by atoms with Crippen LogP contribution in [0.2, 0.25) is 5.15 Å². The van der Waals surface area contributed by atoms with E-state index in [4.69, 9.17) is 11.6 Å². The zero-order valence-corrected chi connectivity index (χ0v) is 10.6. The second-order valence-electron chi connectivity index (χ2n) is 4.43. The van der Waals surface area contributed by atoms with E-state index in [1.807, 2.05) is 13.8 Å². The van der Waals surface area contributed by atoms with Crippen molar-refractivity contribution in [3.8, 4) is 0 Å². The molecule has 1 aromatic heterocycles. The molecule has 0 aromatic carbocycles. The van der Waals surface area contributed by atoms with Crippen LogP contribution in [0.3, 0.4) is 0 Å². The van der Waals surface area contributed by atoms with Gasteiger partial charge >= 0.3 is 0 Å². The van der Waals surface area contributed by atoms with Gasteiger partial charge in [0.2, 0.25) is 0 Å². The first-order valence-electron chi connectivity index (χ1n) is 5.39. The predicted molar refractivity (Wildman–Crippen MR) is 65.7 cm³/mol. The number of hydrogen-bond donors (Lipinski definition) is 1.